The molecule has 0 bridgehead atoms. The summed E-state index contributed by atoms with van der Waals surface area (Å²) in [4.78, 5) is 7.90. The van der Waals surface area contributed by atoms with Crippen molar-refractivity contribution in [2.75, 3.05) is 26.3 Å². The van der Waals surface area contributed by atoms with Gasteiger partial charge in [0.25, 0.3) is 0 Å². The Morgan fingerprint density at radius 1 is 1.13 bits per heavy atom. The average Bonchev–Trinajstić information content (AvgIpc) is 3.19. The van der Waals surface area contributed by atoms with Crippen molar-refractivity contribution < 1.29 is 14.7 Å². The van der Waals surface area contributed by atoms with Gasteiger partial charge in [0.1, 0.15) is 6.10 Å². The topological polar surface area (TPSA) is 54.3 Å². The molecule has 2 aromatic rings. The van der Waals surface area contributed by atoms with Crippen molar-refractivity contribution in [1.82, 2.24) is 4.90 Å². The first-order valence-corrected chi connectivity index (χ1v) is 11.4. The second kappa shape index (κ2) is 11.8. The largest absolute Gasteiger partial charge is 0.390 e. The summed E-state index contributed by atoms with van der Waals surface area (Å²) < 4.78 is 5.62. The molecule has 31 heavy (non-hydrogen) atoms. The molecule has 0 unspecified atom stereocenters. The number of rotatable bonds is 11. The van der Waals surface area contributed by atoms with Crippen LogP contribution in [0, 0.1) is 5.92 Å². The molecular weight excluding hydrogens is 435 g/mol. The Hall–Kier alpha value is -1.63. The van der Waals surface area contributed by atoms with Crippen LogP contribution < -0.4 is 0 Å². The highest BCUT2D eigenvalue weighted by Crippen LogP contribution is 2.26. The third-order valence-electron chi connectivity index (χ3n) is 4.93. The molecular formula is C24H30Cl2N2O3. The van der Waals surface area contributed by atoms with Crippen LogP contribution in [0.4, 0.5) is 0 Å². The molecule has 0 saturated carbocycles. The molecule has 168 valence electrons. The van der Waals surface area contributed by atoms with Gasteiger partial charge in [0.05, 0.1) is 28.5 Å². The molecule has 1 aliphatic heterocycles. The summed E-state index contributed by atoms with van der Waals surface area (Å²) in [5.41, 5.74) is 2.94. The molecule has 0 saturated heterocycles. The van der Waals surface area contributed by atoms with E-state index in [1.807, 2.05) is 30.3 Å². The highest BCUT2D eigenvalue weighted by atomic mass is 35.5. The standard InChI is InChI=1S/C24H30Cl2N2O3/c1-17(2)15-30-16-20(29)13-28(12-18-6-4-3-5-7-18)14-21-11-24(27-31-21)19-8-9-22(25)23(26)10-19/h3-10,17,20-21,29H,11-16H2,1-2H3/t20-,21-/m1/s1. The minimum Gasteiger partial charge on any atom is -0.390 e. The normalized spacial score (nSPS) is 17.1. The molecule has 3 rings (SSSR count). The zero-order chi connectivity index (χ0) is 22.2. The molecule has 2 atom stereocenters. The third-order valence-corrected chi connectivity index (χ3v) is 5.67. The first-order chi connectivity index (χ1) is 14.9. The molecule has 1 heterocycles. The van der Waals surface area contributed by atoms with Crippen molar-refractivity contribution in [2.24, 2.45) is 11.1 Å². The van der Waals surface area contributed by atoms with E-state index in [1.54, 1.807) is 6.07 Å². The van der Waals surface area contributed by atoms with Crippen molar-refractivity contribution in [2.45, 2.75) is 39.0 Å². The molecule has 7 heteroatoms. The zero-order valence-corrected chi connectivity index (χ0v) is 19.5. The fraction of sp³-hybridized carbons (Fsp3) is 0.458. The summed E-state index contributed by atoms with van der Waals surface area (Å²) in [6.07, 6.45) is -0.000280. The second-order valence-corrected chi connectivity index (χ2v) is 9.18. The smallest absolute Gasteiger partial charge is 0.145 e. The fourth-order valence-corrected chi connectivity index (χ4v) is 3.79. The Labute approximate surface area is 194 Å². The van der Waals surface area contributed by atoms with Gasteiger partial charge in [-0.05, 0) is 23.6 Å². The van der Waals surface area contributed by atoms with Crippen molar-refractivity contribution in [3.05, 3.63) is 69.7 Å². The van der Waals surface area contributed by atoms with E-state index >= 15 is 0 Å². The van der Waals surface area contributed by atoms with E-state index < -0.39 is 6.10 Å². The minimum atomic E-state index is -0.570. The van der Waals surface area contributed by atoms with Crippen LogP contribution in [-0.4, -0.2) is 54.2 Å². The molecule has 0 aromatic heterocycles. The van der Waals surface area contributed by atoms with Crippen LogP contribution in [0.1, 0.15) is 31.4 Å². The maximum atomic E-state index is 10.5. The number of hydrogen-bond donors (Lipinski definition) is 1. The molecule has 0 amide bonds. The number of aliphatic hydroxyl groups excluding tert-OH is 1. The van der Waals surface area contributed by atoms with E-state index in [-0.39, 0.29) is 6.10 Å². The second-order valence-electron chi connectivity index (χ2n) is 8.36. The number of benzene rings is 2. The highest BCUT2D eigenvalue weighted by Gasteiger charge is 2.26. The van der Waals surface area contributed by atoms with Gasteiger partial charge in [-0.15, -0.1) is 0 Å². The first kappa shape index (κ1) is 24.0. The predicted octanol–water partition coefficient (Wildman–Crippen LogP) is 5.02. The minimum absolute atomic E-state index is 0.100. The third kappa shape index (κ3) is 7.78. The Bertz CT molecular complexity index is 861. The van der Waals surface area contributed by atoms with Gasteiger partial charge in [0, 0.05) is 38.2 Å². The summed E-state index contributed by atoms with van der Waals surface area (Å²) in [7, 11) is 0. The summed E-state index contributed by atoms with van der Waals surface area (Å²) in [5, 5.41) is 15.8. The Morgan fingerprint density at radius 2 is 1.90 bits per heavy atom. The van der Waals surface area contributed by atoms with Crippen molar-refractivity contribution in [3.8, 4) is 0 Å². The first-order valence-electron chi connectivity index (χ1n) is 10.6. The van der Waals surface area contributed by atoms with Gasteiger partial charge in [-0.2, -0.15) is 0 Å². The van der Waals surface area contributed by atoms with E-state index in [2.05, 4.69) is 36.0 Å². The summed E-state index contributed by atoms with van der Waals surface area (Å²) in [6.45, 7) is 7.00. The van der Waals surface area contributed by atoms with Crippen molar-refractivity contribution in [1.29, 1.82) is 0 Å². The Morgan fingerprint density at radius 3 is 2.61 bits per heavy atom. The van der Waals surface area contributed by atoms with Crippen LogP contribution in [0.2, 0.25) is 10.0 Å². The Kier molecular flexibility index (Phi) is 9.17. The maximum absolute atomic E-state index is 10.5. The van der Waals surface area contributed by atoms with E-state index in [1.165, 1.54) is 5.56 Å². The molecule has 2 aromatic carbocycles. The van der Waals surface area contributed by atoms with Crippen molar-refractivity contribution in [3.63, 3.8) is 0 Å². The lowest BCUT2D eigenvalue weighted by Crippen LogP contribution is -2.39. The van der Waals surface area contributed by atoms with Crippen LogP contribution in [0.15, 0.2) is 53.7 Å². The van der Waals surface area contributed by atoms with Gasteiger partial charge in [-0.3, -0.25) is 4.90 Å². The van der Waals surface area contributed by atoms with Crippen LogP contribution in [0.25, 0.3) is 0 Å². The molecule has 1 aliphatic rings. The number of oxime groups is 1. The monoisotopic (exact) mass is 464 g/mol. The lowest BCUT2D eigenvalue weighted by molar-refractivity contribution is -0.00734. The quantitative estimate of drug-likeness (QED) is 0.506. The van der Waals surface area contributed by atoms with Crippen LogP contribution >= 0.6 is 23.2 Å². The van der Waals surface area contributed by atoms with E-state index in [9.17, 15) is 5.11 Å². The van der Waals surface area contributed by atoms with E-state index in [0.29, 0.717) is 55.2 Å². The lowest BCUT2D eigenvalue weighted by atomic mass is 10.0. The number of ether oxygens (including phenoxy) is 1. The van der Waals surface area contributed by atoms with E-state index in [0.717, 1.165) is 11.3 Å². The number of halogens is 2. The average molecular weight is 465 g/mol. The Balaban J connectivity index is 1.59. The van der Waals surface area contributed by atoms with Crippen molar-refractivity contribution >= 4 is 28.9 Å². The van der Waals surface area contributed by atoms with Gasteiger partial charge >= 0.3 is 0 Å². The molecule has 0 aliphatic carbocycles. The van der Waals surface area contributed by atoms with Crippen LogP contribution in [0.5, 0.6) is 0 Å². The van der Waals surface area contributed by atoms with Crippen LogP contribution in [-0.2, 0) is 16.1 Å². The maximum Gasteiger partial charge on any atom is 0.145 e. The van der Waals surface area contributed by atoms with Gasteiger partial charge in [-0.1, -0.05) is 78.6 Å². The summed E-state index contributed by atoms with van der Waals surface area (Å²) in [5.74, 6) is 0.441. The van der Waals surface area contributed by atoms with Gasteiger partial charge in [-0.25, -0.2) is 0 Å². The SMILES string of the molecule is CC(C)COC[C@H](O)CN(Cc1ccccc1)C[C@H]1CC(c2ccc(Cl)c(Cl)c2)=NO1. The lowest BCUT2D eigenvalue weighted by Gasteiger charge is -2.27. The van der Waals surface area contributed by atoms with Gasteiger partial charge < -0.3 is 14.7 Å². The highest BCUT2D eigenvalue weighted by molar-refractivity contribution is 6.42. The molecule has 1 N–H and O–H groups in total. The predicted molar refractivity (Wildman–Crippen MR) is 126 cm³/mol. The number of aliphatic hydroxyl groups is 1. The van der Waals surface area contributed by atoms with E-state index in [4.69, 9.17) is 32.8 Å². The fourth-order valence-electron chi connectivity index (χ4n) is 3.50. The summed E-state index contributed by atoms with van der Waals surface area (Å²) >= 11 is 12.2. The summed E-state index contributed by atoms with van der Waals surface area (Å²) in [6, 6.07) is 15.7. The zero-order valence-electron chi connectivity index (χ0n) is 18.0. The molecule has 0 spiro atoms. The van der Waals surface area contributed by atoms with Gasteiger partial charge in [0.15, 0.2) is 0 Å². The molecule has 0 fully saturated rings. The molecule has 0 radical (unpaired) electrons. The van der Waals surface area contributed by atoms with Crippen LogP contribution in [0.3, 0.4) is 0 Å². The molecule has 5 nitrogen and oxygen atoms in total. The number of hydrogen-bond acceptors (Lipinski definition) is 5. The van der Waals surface area contributed by atoms with Gasteiger partial charge in [0.2, 0.25) is 0 Å². The number of nitrogens with zero attached hydrogens (tertiary/aromatic N) is 2.